The summed E-state index contributed by atoms with van der Waals surface area (Å²) < 4.78 is 13.0. The van der Waals surface area contributed by atoms with E-state index in [-0.39, 0.29) is 11.3 Å². The lowest BCUT2D eigenvalue weighted by molar-refractivity contribution is 0.101. The van der Waals surface area contributed by atoms with Crippen LogP contribution in [0.3, 0.4) is 0 Å². The molecule has 0 aliphatic rings. The quantitative estimate of drug-likeness (QED) is 0.662. The number of hydrogen-bond donors (Lipinski definition) is 2. The van der Waals surface area contributed by atoms with Crippen LogP contribution in [0.4, 0.5) is 21.5 Å². The second kappa shape index (κ2) is 5.41. The molecule has 0 saturated heterocycles. The number of halogens is 1. The molecule has 0 spiro atoms. The van der Waals surface area contributed by atoms with Crippen LogP contribution >= 0.6 is 0 Å². The van der Waals surface area contributed by atoms with E-state index in [9.17, 15) is 9.18 Å². The lowest BCUT2D eigenvalue weighted by Gasteiger charge is -2.10. The maximum absolute atomic E-state index is 13.0. The van der Waals surface area contributed by atoms with Gasteiger partial charge in [-0.15, -0.1) is 0 Å². The van der Waals surface area contributed by atoms with Crippen LogP contribution in [0.2, 0.25) is 0 Å². The van der Waals surface area contributed by atoms with E-state index in [1.165, 1.54) is 19.1 Å². The van der Waals surface area contributed by atoms with Gasteiger partial charge in [0, 0.05) is 16.9 Å². The summed E-state index contributed by atoms with van der Waals surface area (Å²) >= 11 is 0. The normalized spacial score (nSPS) is 9.85. The van der Waals surface area contributed by atoms with E-state index in [4.69, 9.17) is 11.0 Å². The predicted molar refractivity (Wildman–Crippen MR) is 75.3 cm³/mol. The first kappa shape index (κ1) is 13.6. The molecule has 0 unspecified atom stereocenters. The number of nitrogens with one attached hydrogen (secondary N) is 1. The van der Waals surface area contributed by atoms with Gasteiger partial charge in [-0.05, 0) is 43.3 Å². The Balaban J connectivity index is 2.34. The summed E-state index contributed by atoms with van der Waals surface area (Å²) in [7, 11) is 0. The molecule has 3 N–H and O–H groups in total. The third kappa shape index (κ3) is 2.75. The maximum atomic E-state index is 13.0. The van der Waals surface area contributed by atoms with Crippen molar-refractivity contribution in [3.8, 4) is 6.07 Å². The highest BCUT2D eigenvalue weighted by Gasteiger charge is 2.07. The fraction of sp³-hybridized carbons (Fsp3) is 0.0667. The molecule has 0 amide bonds. The largest absolute Gasteiger partial charge is 0.398 e. The van der Waals surface area contributed by atoms with Crippen LogP contribution in [0.15, 0.2) is 36.4 Å². The van der Waals surface area contributed by atoms with Gasteiger partial charge in [-0.25, -0.2) is 4.39 Å². The van der Waals surface area contributed by atoms with Gasteiger partial charge in [0.2, 0.25) is 0 Å². The summed E-state index contributed by atoms with van der Waals surface area (Å²) in [5.41, 5.74) is 7.87. The van der Waals surface area contributed by atoms with Gasteiger partial charge in [-0.3, -0.25) is 4.79 Å². The highest BCUT2D eigenvalue weighted by Crippen LogP contribution is 2.24. The molecule has 0 heterocycles. The number of anilines is 3. The van der Waals surface area contributed by atoms with E-state index >= 15 is 0 Å². The number of nitrogen functional groups attached to an aromatic ring is 1. The first-order chi connectivity index (χ1) is 9.51. The van der Waals surface area contributed by atoms with Crippen molar-refractivity contribution in [2.24, 2.45) is 0 Å². The van der Waals surface area contributed by atoms with Gasteiger partial charge in [0.15, 0.2) is 5.78 Å². The Labute approximate surface area is 115 Å². The Morgan fingerprint density at radius 2 is 2.05 bits per heavy atom. The summed E-state index contributed by atoms with van der Waals surface area (Å²) in [5.74, 6) is -0.591. The average molecular weight is 269 g/mol. The number of nitriles is 1. The van der Waals surface area contributed by atoms with Crippen LogP contribution in [0.1, 0.15) is 22.8 Å². The number of Topliss-reactive ketones (excluding diaryl/α,β-unsaturated/α-hetero) is 1. The van der Waals surface area contributed by atoms with E-state index in [2.05, 4.69) is 5.32 Å². The fourth-order valence-corrected chi connectivity index (χ4v) is 1.83. The minimum absolute atomic E-state index is 0.117. The summed E-state index contributed by atoms with van der Waals surface area (Å²) in [6.07, 6.45) is 0. The van der Waals surface area contributed by atoms with Crippen molar-refractivity contribution in [3.05, 3.63) is 53.3 Å². The highest BCUT2D eigenvalue weighted by molar-refractivity contribution is 5.99. The van der Waals surface area contributed by atoms with Crippen LogP contribution < -0.4 is 11.1 Å². The minimum atomic E-state index is -0.474. The van der Waals surface area contributed by atoms with Crippen LogP contribution in [0.25, 0.3) is 0 Å². The molecule has 0 radical (unpaired) electrons. The molecular weight excluding hydrogens is 257 g/mol. The van der Waals surface area contributed by atoms with Crippen molar-refractivity contribution in [1.29, 1.82) is 5.26 Å². The molecule has 4 nitrogen and oxygen atoms in total. The lowest BCUT2D eigenvalue weighted by atomic mass is 10.1. The van der Waals surface area contributed by atoms with Crippen molar-refractivity contribution >= 4 is 22.8 Å². The van der Waals surface area contributed by atoms with Gasteiger partial charge < -0.3 is 11.1 Å². The first-order valence-corrected chi connectivity index (χ1v) is 5.88. The lowest BCUT2D eigenvalue weighted by Crippen LogP contribution is -2.01. The number of rotatable bonds is 3. The Bertz CT molecular complexity index is 720. The van der Waals surface area contributed by atoms with Crippen molar-refractivity contribution in [2.45, 2.75) is 6.92 Å². The van der Waals surface area contributed by atoms with E-state index < -0.39 is 5.82 Å². The molecule has 0 aromatic heterocycles. The van der Waals surface area contributed by atoms with Crippen molar-refractivity contribution in [2.75, 3.05) is 11.1 Å². The Kier molecular flexibility index (Phi) is 3.67. The third-order valence-corrected chi connectivity index (χ3v) is 2.81. The smallest absolute Gasteiger partial charge is 0.161 e. The Hall–Kier alpha value is -2.87. The maximum Gasteiger partial charge on any atom is 0.161 e. The van der Waals surface area contributed by atoms with Gasteiger partial charge in [0.1, 0.15) is 11.9 Å². The van der Waals surface area contributed by atoms with Gasteiger partial charge in [-0.2, -0.15) is 5.26 Å². The van der Waals surface area contributed by atoms with Gasteiger partial charge in [0.25, 0.3) is 0 Å². The van der Waals surface area contributed by atoms with Crippen LogP contribution in [0, 0.1) is 17.1 Å². The summed E-state index contributed by atoms with van der Waals surface area (Å²) in [6, 6.07) is 10.7. The molecule has 20 heavy (non-hydrogen) atoms. The number of carbonyl (C=O) groups is 1. The van der Waals surface area contributed by atoms with Crippen molar-refractivity contribution in [1.82, 2.24) is 0 Å². The van der Waals surface area contributed by atoms with Crippen LogP contribution in [0.5, 0.6) is 0 Å². The molecule has 0 saturated carbocycles. The van der Waals surface area contributed by atoms with Crippen molar-refractivity contribution in [3.63, 3.8) is 0 Å². The second-order valence-electron chi connectivity index (χ2n) is 4.28. The zero-order chi connectivity index (χ0) is 14.7. The average Bonchev–Trinajstić information content (AvgIpc) is 2.40. The topological polar surface area (TPSA) is 78.9 Å². The van der Waals surface area contributed by atoms with E-state index in [1.807, 2.05) is 6.07 Å². The summed E-state index contributed by atoms with van der Waals surface area (Å²) in [4.78, 5) is 11.3. The SMILES string of the molecule is CC(=O)c1ccc(Nc2ccc(F)cc2C#N)cc1N. The summed E-state index contributed by atoms with van der Waals surface area (Å²) in [6.45, 7) is 1.44. The molecule has 0 fully saturated rings. The molecule has 0 atom stereocenters. The van der Waals surface area contributed by atoms with Gasteiger partial charge in [0.05, 0.1) is 11.3 Å². The predicted octanol–water partition coefficient (Wildman–Crippen LogP) is 3.23. The number of nitrogens with zero attached hydrogens (tertiary/aromatic N) is 1. The molecular formula is C15H12FN3O. The molecule has 2 rings (SSSR count). The van der Waals surface area contributed by atoms with Crippen LogP contribution in [-0.4, -0.2) is 5.78 Å². The zero-order valence-corrected chi connectivity index (χ0v) is 10.8. The minimum Gasteiger partial charge on any atom is -0.398 e. The van der Waals surface area contributed by atoms with E-state index in [0.29, 0.717) is 22.6 Å². The van der Waals surface area contributed by atoms with Gasteiger partial charge >= 0.3 is 0 Å². The zero-order valence-electron chi connectivity index (χ0n) is 10.8. The number of carbonyl (C=O) groups excluding carboxylic acids is 1. The molecule has 0 aliphatic heterocycles. The monoisotopic (exact) mass is 269 g/mol. The highest BCUT2D eigenvalue weighted by atomic mass is 19.1. The van der Waals surface area contributed by atoms with Crippen molar-refractivity contribution < 1.29 is 9.18 Å². The van der Waals surface area contributed by atoms with E-state index in [1.54, 1.807) is 18.2 Å². The molecule has 2 aromatic rings. The van der Waals surface area contributed by atoms with Gasteiger partial charge in [-0.1, -0.05) is 0 Å². The summed E-state index contributed by atoms with van der Waals surface area (Å²) in [5, 5.41) is 11.9. The second-order valence-corrected chi connectivity index (χ2v) is 4.28. The van der Waals surface area contributed by atoms with Crippen LogP contribution in [-0.2, 0) is 0 Å². The first-order valence-electron chi connectivity index (χ1n) is 5.88. The standard InChI is InChI=1S/C15H12FN3O/c1-9(20)13-4-3-12(7-14(13)18)19-15-5-2-11(16)6-10(15)8-17/h2-7,19H,18H2,1H3. The Morgan fingerprint density at radius 1 is 1.30 bits per heavy atom. The number of ketones is 1. The number of nitrogens with two attached hydrogens (primary N) is 1. The fourth-order valence-electron chi connectivity index (χ4n) is 1.83. The Morgan fingerprint density at radius 3 is 2.65 bits per heavy atom. The van der Waals surface area contributed by atoms with E-state index in [0.717, 1.165) is 6.07 Å². The number of hydrogen-bond acceptors (Lipinski definition) is 4. The molecule has 0 bridgehead atoms. The number of benzene rings is 2. The molecule has 100 valence electrons. The third-order valence-electron chi connectivity index (χ3n) is 2.81. The molecule has 0 aliphatic carbocycles. The molecule has 5 heteroatoms. The molecule has 2 aromatic carbocycles.